The largest absolute Gasteiger partial charge is 0.288 e. The van der Waals surface area contributed by atoms with Crippen molar-refractivity contribution < 1.29 is 9.59 Å². The van der Waals surface area contributed by atoms with Gasteiger partial charge >= 0.3 is 0 Å². The normalized spacial score (nSPS) is 21.5. The van der Waals surface area contributed by atoms with Crippen molar-refractivity contribution in [1.82, 2.24) is 15.0 Å². The van der Waals surface area contributed by atoms with Crippen LogP contribution < -0.4 is 4.90 Å². The van der Waals surface area contributed by atoms with E-state index in [0.717, 1.165) is 18.7 Å². The van der Waals surface area contributed by atoms with Gasteiger partial charge in [-0.3, -0.25) is 14.5 Å². The monoisotopic (exact) mass is 338 g/mol. The van der Waals surface area contributed by atoms with Gasteiger partial charge < -0.3 is 0 Å². The number of carbonyl (C=O) groups is 2. The molecule has 6 nitrogen and oxygen atoms in total. The first-order valence-corrected chi connectivity index (χ1v) is 9.51. The zero-order chi connectivity index (χ0) is 15.7. The van der Waals surface area contributed by atoms with Crippen LogP contribution in [0.3, 0.4) is 0 Å². The maximum absolute atomic E-state index is 12.3. The third-order valence-corrected chi connectivity index (χ3v) is 5.31. The summed E-state index contributed by atoms with van der Waals surface area (Å²) in [6.07, 6.45) is 4.61. The Morgan fingerprint density at radius 2 is 2.09 bits per heavy atom. The Balaban J connectivity index is 1.76. The maximum Gasteiger partial charge on any atom is 0.236 e. The van der Waals surface area contributed by atoms with Crippen LogP contribution in [-0.4, -0.2) is 44.5 Å². The lowest BCUT2D eigenvalue weighted by Crippen LogP contribution is -2.27. The van der Waals surface area contributed by atoms with Crippen LogP contribution in [0, 0.1) is 5.92 Å². The van der Waals surface area contributed by atoms with E-state index in [1.165, 1.54) is 23.5 Å². The number of thioether (sulfide) groups is 2. The van der Waals surface area contributed by atoms with E-state index in [-0.39, 0.29) is 16.9 Å². The zero-order valence-electron chi connectivity index (χ0n) is 12.6. The van der Waals surface area contributed by atoms with Crippen LogP contribution in [-0.2, 0) is 9.59 Å². The summed E-state index contributed by atoms with van der Waals surface area (Å²) in [4.78, 5) is 38.3. The Bertz CT molecular complexity index is 607. The molecule has 1 aromatic heterocycles. The first-order chi connectivity index (χ1) is 10.6. The van der Waals surface area contributed by atoms with Gasteiger partial charge in [-0.15, -0.1) is 0 Å². The summed E-state index contributed by atoms with van der Waals surface area (Å²) in [5, 5.41) is 0.757. The number of amides is 1. The van der Waals surface area contributed by atoms with Crippen molar-refractivity contribution >= 4 is 40.5 Å². The van der Waals surface area contributed by atoms with Crippen molar-refractivity contribution in [2.75, 3.05) is 23.5 Å². The van der Waals surface area contributed by atoms with Crippen LogP contribution in [0.15, 0.2) is 5.16 Å². The van der Waals surface area contributed by atoms with Gasteiger partial charge in [0.15, 0.2) is 10.3 Å². The highest BCUT2D eigenvalue weighted by Crippen LogP contribution is 2.39. The quantitative estimate of drug-likeness (QED) is 0.761. The molecule has 1 amide bonds. The number of carbonyl (C=O) groups excluding carboxylic acids is 2. The Hall–Kier alpha value is -1.15. The third-order valence-electron chi connectivity index (χ3n) is 3.71. The fourth-order valence-electron chi connectivity index (χ4n) is 2.42. The number of rotatable bonds is 5. The van der Waals surface area contributed by atoms with E-state index in [2.05, 4.69) is 15.0 Å². The molecule has 3 rings (SSSR count). The Kier molecular flexibility index (Phi) is 4.67. The molecule has 0 radical (unpaired) electrons. The minimum Gasteiger partial charge on any atom is -0.288 e. The summed E-state index contributed by atoms with van der Waals surface area (Å²) < 4.78 is 0. The fraction of sp³-hybridized carbons (Fsp3) is 0.643. The summed E-state index contributed by atoms with van der Waals surface area (Å²) in [5.41, 5.74) is 0. The van der Waals surface area contributed by atoms with Crippen LogP contribution in [0.4, 0.5) is 5.95 Å². The average Bonchev–Trinajstić information content (AvgIpc) is 3.28. The summed E-state index contributed by atoms with van der Waals surface area (Å²) in [5.74, 6) is 2.60. The van der Waals surface area contributed by atoms with Crippen molar-refractivity contribution in [3.63, 3.8) is 0 Å². The third kappa shape index (κ3) is 3.60. The summed E-state index contributed by atoms with van der Waals surface area (Å²) in [6, 6.07) is 0. The molecule has 22 heavy (non-hydrogen) atoms. The van der Waals surface area contributed by atoms with Gasteiger partial charge in [-0.1, -0.05) is 23.5 Å². The Morgan fingerprint density at radius 1 is 1.32 bits per heavy atom. The number of hydrogen-bond acceptors (Lipinski definition) is 7. The topological polar surface area (TPSA) is 76.1 Å². The van der Waals surface area contributed by atoms with Crippen molar-refractivity contribution in [2.45, 2.75) is 37.3 Å². The van der Waals surface area contributed by atoms with Gasteiger partial charge in [-0.2, -0.15) is 9.97 Å². The molecule has 1 saturated carbocycles. The van der Waals surface area contributed by atoms with Crippen LogP contribution in [0.5, 0.6) is 0 Å². The van der Waals surface area contributed by atoms with Gasteiger partial charge in [0.05, 0.1) is 0 Å². The molecule has 0 aromatic carbocycles. The van der Waals surface area contributed by atoms with Gasteiger partial charge in [0, 0.05) is 31.6 Å². The SMILES string of the molecule is CSc1nc(C2CC2)nc(N2CC(CSC(C)=O)CC2=O)n1. The molecule has 2 heterocycles. The van der Waals surface area contributed by atoms with Gasteiger partial charge in [0.25, 0.3) is 0 Å². The molecule has 1 unspecified atom stereocenters. The predicted octanol–water partition coefficient (Wildman–Crippen LogP) is 2.10. The Morgan fingerprint density at radius 3 is 2.73 bits per heavy atom. The number of aromatic nitrogens is 3. The van der Waals surface area contributed by atoms with E-state index in [9.17, 15) is 9.59 Å². The molecule has 0 bridgehead atoms. The summed E-state index contributed by atoms with van der Waals surface area (Å²) in [7, 11) is 0. The lowest BCUT2D eigenvalue weighted by atomic mass is 10.1. The second-order valence-electron chi connectivity index (χ2n) is 5.63. The van der Waals surface area contributed by atoms with Gasteiger partial charge in [0.2, 0.25) is 11.9 Å². The van der Waals surface area contributed by atoms with E-state index in [1.807, 2.05) is 6.26 Å². The van der Waals surface area contributed by atoms with Crippen LogP contribution in [0.2, 0.25) is 0 Å². The molecule has 1 aliphatic heterocycles. The van der Waals surface area contributed by atoms with Crippen molar-refractivity contribution in [3.8, 4) is 0 Å². The molecular weight excluding hydrogens is 320 g/mol. The van der Waals surface area contributed by atoms with E-state index >= 15 is 0 Å². The van der Waals surface area contributed by atoms with Gasteiger partial charge in [-0.05, 0) is 25.0 Å². The second-order valence-corrected chi connectivity index (χ2v) is 7.60. The molecular formula is C14H18N4O2S2. The van der Waals surface area contributed by atoms with Crippen molar-refractivity contribution in [2.24, 2.45) is 5.92 Å². The van der Waals surface area contributed by atoms with Crippen LogP contribution in [0.1, 0.15) is 37.9 Å². The van der Waals surface area contributed by atoms with Crippen molar-refractivity contribution in [1.29, 1.82) is 0 Å². The van der Waals surface area contributed by atoms with Crippen molar-refractivity contribution in [3.05, 3.63) is 5.82 Å². The molecule has 2 fully saturated rings. The van der Waals surface area contributed by atoms with E-state index in [1.54, 1.807) is 11.8 Å². The molecule has 118 valence electrons. The van der Waals surface area contributed by atoms with Gasteiger partial charge in [0.1, 0.15) is 5.82 Å². The standard InChI is InChI=1S/C14H18N4O2S2/c1-8(19)22-7-9-5-11(20)18(6-9)13-15-12(10-3-4-10)16-14(17-13)21-2/h9-10H,3-7H2,1-2H3. The highest BCUT2D eigenvalue weighted by Gasteiger charge is 2.34. The van der Waals surface area contributed by atoms with E-state index in [4.69, 9.17) is 0 Å². The lowest BCUT2D eigenvalue weighted by molar-refractivity contribution is -0.117. The minimum absolute atomic E-state index is 0.0363. The van der Waals surface area contributed by atoms with E-state index < -0.39 is 0 Å². The number of nitrogens with zero attached hydrogens (tertiary/aromatic N) is 4. The second kappa shape index (κ2) is 6.54. The maximum atomic E-state index is 12.3. The number of anilines is 1. The highest BCUT2D eigenvalue weighted by molar-refractivity contribution is 8.13. The summed E-state index contributed by atoms with van der Waals surface area (Å²) >= 11 is 2.75. The van der Waals surface area contributed by atoms with Crippen LogP contribution in [0.25, 0.3) is 0 Å². The molecule has 1 atom stereocenters. The Labute approximate surface area is 137 Å². The molecule has 1 aliphatic carbocycles. The molecule has 8 heteroatoms. The molecule has 2 aliphatic rings. The fourth-order valence-corrected chi connectivity index (χ4v) is 3.47. The first-order valence-electron chi connectivity index (χ1n) is 7.30. The van der Waals surface area contributed by atoms with Crippen LogP contribution >= 0.6 is 23.5 Å². The lowest BCUT2D eigenvalue weighted by Gasteiger charge is -2.15. The number of hydrogen-bond donors (Lipinski definition) is 0. The average molecular weight is 338 g/mol. The molecule has 1 aromatic rings. The molecule has 0 N–H and O–H groups in total. The highest BCUT2D eigenvalue weighted by atomic mass is 32.2. The first kappa shape index (κ1) is 15.7. The zero-order valence-corrected chi connectivity index (χ0v) is 14.2. The predicted molar refractivity (Wildman–Crippen MR) is 87.2 cm³/mol. The van der Waals surface area contributed by atoms with Gasteiger partial charge in [-0.25, -0.2) is 4.98 Å². The summed E-state index contributed by atoms with van der Waals surface area (Å²) in [6.45, 7) is 2.14. The molecule has 0 spiro atoms. The van der Waals surface area contributed by atoms with E-state index in [0.29, 0.717) is 35.7 Å². The molecule has 1 saturated heterocycles. The smallest absolute Gasteiger partial charge is 0.236 e. The minimum atomic E-state index is 0.0363.